The molecule has 2 aromatic rings. The summed E-state index contributed by atoms with van der Waals surface area (Å²) in [4.78, 5) is 27.5. The number of aromatic nitrogens is 1. The SMILES string of the molecule is COc1cc(/C=N/NC(=O)c2ccncc2)ccc1OC(=O)OC(C)(C)C. The predicted octanol–water partition coefficient (Wildman–Crippen LogP) is 3.17. The number of ether oxygens (including phenoxy) is 3. The maximum absolute atomic E-state index is 11.9. The van der Waals surface area contributed by atoms with Crippen molar-refractivity contribution in [1.82, 2.24) is 10.4 Å². The number of carbonyl (C=O) groups is 2. The van der Waals surface area contributed by atoms with E-state index in [-0.39, 0.29) is 11.7 Å². The third-order valence-electron chi connectivity index (χ3n) is 3.09. The van der Waals surface area contributed by atoms with Gasteiger partial charge in [0.05, 0.1) is 13.3 Å². The van der Waals surface area contributed by atoms with Crippen LogP contribution < -0.4 is 14.9 Å². The normalized spacial score (nSPS) is 11.1. The lowest BCUT2D eigenvalue weighted by atomic mass is 10.2. The van der Waals surface area contributed by atoms with Gasteiger partial charge in [-0.15, -0.1) is 0 Å². The molecule has 0 unspecified atom stereocenters. The summed E-state index contributed by atoms with van der Waals surface area (Å²) in [5.41, 5.74) is 2.83. The highest BCUT2D eigenvalue weighted by Gasteiger charge is 2.19. The van der Waals surface area contributed by atoms with Gasteiger partial charge in [-0.05, 0) is 56.7 Å². The first kappa shape index (κ1) is 19.9. The summed E-state index contributed by atoms with van der Waals surface area (Å²) in [7, 11) is 1.45. The second-order valence-corrected chi connectivity index (χ2v) is 6.41. The first-order chi connectivity index (χ1) is 12.8. The summed E-state index contributed by atoms with van der Waals surface area (Å²) in [5, 5.41) is 3.90. The molecule has 8 heteroatoms. The van der Waals surface area contributed by atoms with Gasteiger partial charge in [0.1, 0.15) is 5.60 Å². The number of hydrazone groups is 1. The van der Waals surface area contributed by atoms with Gasteiger partial charge < -0.3 is 14.2 Å². The molecule has 0 saturated carbocycles. The molecule has 0 radical (unpaired) electrons. The first-order valence-corrected chi connectivity index (χ1v) is 8.11. The maximum Gasteiger partial charge on any atom is 0.514 e. The quantitative estimate of drug-likeness (QED) is 0.375. The van der Waals surface area contributed by atoms with Gasteiger partial charge in [-0.25, -0.2) is 10.2 Å². The molecule has 27 heavy (non-hydrogen) atoms. The zero-order chi connectivity index (χ0) is 19.9. The fraction of sp³-hybridized carbons (Fsp3) is 0.263. The van der Waals surface area contributed by atoms with Gasteiger partial charge in [0.15, 0.2) is 11.5 Å². The molecule has 1 aromatic heterocycles. The smallest absolute Gasteiger partial charge is 0.493 e. The van der Waals surface area contributed by atoms with E-state index < -0.39 is 11.8 Å². The highest BCUT2D eigenvalue weighted by Crippen LogP contribution is 2.28. The standard InChI is InChI=1S/C19H21N3O5/c1-19(2,3)27-18(24)26-15-6-5-13(11-16(15)25-4)12-21-22-17(23)14-7-9-20-10-8-14/h5-12H,1-4H3,(H,22,23)/b21-12+. The molecule has 1 amide bonds. The van der Waals surface area contributed by atoms with Crippen LogP contribution in [0.2, 0.25) is 0 Å². The lowest BCUT2D eigenvalue weighted by molar-refractivity contribution is 0.0201. The molecule has 0 atom stereocenters. The number of rotatable bonds is 5. The topological polar surface area (TPSA) is 99.1 Å². The Morgan fingerprint density at radius 1 is 1.11 bits per heavy atom. The highest BCUT2D eigenvalue weighted by atomic mass is 16.7. The van der Waals surface area contributed by atoms with Crippen molar-refractivity contribution in [3.05, 3.63) is 53.9 Å². The number of amides is 1. The van der Waals surface area contributed by atoms with E-state index in [4.69, 9.17) is 14.2 Å². The van der Waals surface area contributed by atoms with Gasteiger partial charge in [0, 0.05) is 18.0 Å². The van der Waals surface area contributed by atoms with Crippen molar-refractivity contribution < 1.29 is 23.8 Å². The number of hydrogen-bond acceptors (Lipinski definition) is 7. The molecular weight excluding hydrogens is 350 g/mol. The first-order valence-electron chi connectivity index (χ1n) is 8.11. The molecule has 0 fully saturated rings. The number of nitrogens with one attached hydrogen (secondary N) is 1. The minimum Gasteiger partial charge on any atom is -0.493 e. The van der Waals surface area contributed by atoms with Gasteiger partial charge in [-0.3, -0.25) is 9.78 Å². The van der Waals surface area contributed by atoms with Crippen molar-refractivity contribution in [3.63, 3.8) is 0 Å². The van der Waals surface area contributed by atoms with Crippen molar-refractivity contribution in [3.8, 4) is 11.5 Å². The monoisotopic (exact) mass is 371 g/mol. The summed E-state index contributed by atoms with van der Waals surface area (Å²) < 4.78 is 15.5. The third-order valence-corrected chi connectivity index (χ3v) is 3.09. The number of hydrogen-bond donors (Lipinski definition) is 1. The maximum atomic E-state index is 11.9. The van der Waals surface area contributed by atoms with Crippen LogP contribution >= 0.6 is 0 Å². The highest BCUT2D eigenvalue weighted by molar-refractivity contribution is 5.94. The van der Waals surface area contributed by atoms with Gasteiger partial charge in [-0.1, -0.05) is 0 Å². The average Bonchev–Trinajstić information content (AvgIpc) is 2.61. The molecule has 1 heterocycles. The Bertz CT molecular complexity index is 829. The fourth-order valence-electron chi connectivity index (χ4n) is 1.94. The van der Waals surface area contributed by atoms with Crippen LogP contribution in [-0.2, 0) is 4.74 Å². The van der Waals surface area contributed by atoms with Gasteiger partial charge >= 0.3 is 6.16 Å². The van der Waals surface area contributed by atoms with E-state index in [2.05, 4.69) is 15.5 Å². The van der Waals surface area contributed by atoms with Crippen LogP contribution in [0, 0.1) is 0 Å². The van der Waals surface area contributed by atoms with Crippen LogP contribution in [0.1, 0.15) is 36.7 Å². The van der Waals surface area contributed by atoms with Crippen LogP contribution in [0.5, 0.6) is 11.5 Å². The molecule has 0 aliphatic heterocycles. The summed E-state index contributed by atoms with van der Waals surface area (Å²) in [5.74, 6) is 0.181. The zero-order valence-corrected chi connectivity index (χ0v) is 15.6. The summed E-state index contributed by atoms with van der Waals surface area (Å²) in [6.45, 7) is 5.22. The molecule has 8 nitrogen and oxygen atoms in total. The van der Waals surface area contributed by atoms with Crippen molar-refractivity contribution >= 4 is 18.3 Å². The Morgan fingerprint density at radius 2 is 1.81 bits per heavy atom. The van der Waals surface area contributed by atoms with Gasteiger partial charge in [-0.2, -0.15) is 5.10 Å². The second-order valence-electron chi connectivity index (χ2n) is 6.41. The molecule has 0 aliphatic rings. The van der Waals surface area contributed by atoms with E-state index in [1.54, 1.807) is 51.1 Å². The fourth-order valence-corrected chi connectivity index (χ4v) is 1.94. The number of benzene rings is 1. The molecule has 0 aliphatic carbocycles. The van der Waals surface area contributed by atoms with Crippen LogP contribution in [0.15, 0.2) is 47.8 Å². The van der Waals surface area contributed by atoms with Gasteiger partial charge in [0.2, 0.25) is 0 Å². The van der Waals surface area contributed by atoms with E-state index in [0.29, 0.717) is 16.9 Å². The Balaban J connectivity index is 2.02. The molecule has 0 bridgehead atoms. The van der Waals surface area contributed by atoms with E-state index in [1.807, 2.05) is 0 Å². The van der Waals surface area contributed by atoms with E-state index in [9.17, 15) is 9.59 Å². The average molecular weight is 371 g/mol. The minimum atomic E-state index is -0.827. The van der Waals surface area contributed by atoms with Crippen molar-refractivity contribution in [2.75, 3.05) is 7.11 Å². The number of methoxy groups -OCH3 is 1. The molecule has 2 rings (SSSR count). The van der Waals surface area contributed by atoms with Crippen LogP contribution in [0.25, 0.3) is 0 Å². The van der Waals surface area contributed by atoms with Crippen LogP contribution in [-0.4, -0.2) is 36.0 Å². The van der Waals surface area contributed by atoms with Crippen molar-refractivity contribution in [1.29, 1.82) is 0 Å². The lowest BCUT2D eigenvalue weighted by Gasteiger charge is -2.19. The van der Waals surface area contributed by atoms with E-state index >= 15 is 0 Å². The van der Waals surface area contributed by atoms with Crippen LogP contribution in [0.4, 0.5) is 4.79 Å². The Morgan fingerprint density at radius 3 is 2.44 bits per heavy atom. The Labute approximate surface area is 157 Å². The Hall–Kier alpha value is -3.42. The molecule has 1 N–H and O–H groups in total. The van der Waals surface area contributed by atoms with E-state index in [1.165, 1.54) is 25.7 Å². The van der Waals surface area contributed by atoms with E-state index in [0.717, 1.165) is 0 Å². The van der Waals surface area contributed by atoms with Crippen LogP contribution in [0.3, 0.4) is 0 Å². The Kier molecular flexibility index (Phi) is 6.48. The largest absolute Gasteiger partial charge is 0.514 e. The molecule has 0 saturated heterocycles. The predicted molar refractivity (Wildman–Crippen MR) is 99.2 cm³/mol. The lowest BCUT2D eigenvalue weighted by Crippen LogP contribution is -2.26. The number of nitrogens with zero attached hydrogens (tertiary/aromatic N) is 2. The molecule has 1 aromatic carbocycles. The molecule has 0 spiro atoms. The number of carbonyl (C=O) groups excluding carboxylic acids is 2. The minimum absolute atomic E-state index is 0.213. The van der Waals surface area contributed by atoms with Crippen molar-refractivity contribution in [2.45, 2.75) is 26.4 Å². The summed E-state index contributed by atoms with van der Waals surface area (Å²) in [6, 6.07) is 7.98. The third kappa shape index (κ3) is 6.43. The molecular formula is C19H21N3O5. The number of pyridine rings is 1. The van der Waals surface area contributed by atoms with Gasteiger partial charge in [0.25, 0.3) is 5.91 Å². The summed E-state index contributed by atoms with van der Waals surface area (Å²) in [6.07, 6.45) is 3.66. The molecule has 142 valence electrons. The van der Waals surface area contributed by atoms with Crippen molar-refractivity contribution in [2.24, 2.45) is 5.10 Å². The summed E-state index contributed by atoms with van der Waals surface area (Å²) >= 11 is 0. The second kappa shape index (κ2) is 8.79. The zero-order valence-electron chi connectivity index (χ0n) is 15.6.